The topological polar surface area (TPSA) is 72.0 Å². The number of unbranched alkanes of at least 4 members (excludes halogenated alkanes) is 4. The van der Waals surface area contributed by atoms with Gasteiger partial charge in [0.15, 0.2) is 0 Å². The quantitative estimate of drug-likeness (QED) is 0.127. The third-order valence-corrected chi connectivity index (χ3v) is 14.9. The molecule has 0 spiro atoms. The molecule has 0 unspecified atom stereocenters. The first-order valence-corrected chi connectivity index (χ1v) is 23.5. The summed E-state index contributed by atoms with van der Waals surface area (Å²) in [7, 11) is 0. The van der Waals surface area contributed by atoms with Gasteiger partial charge in [-0.05, 0) is 12.1 Å². The van der Waals surface area contributed by atoms with E-state index in [0.29, 0.717) is 20.1 Å². The fourth-order valence-corrected chi connectivity index (χ4v) is 11.9. The van der Waals surface area contributed by atoms with Gasteiger partial charge in [-0.25, -0.2) is 0 Å². The van der Waals surface area contributed by atoms with Crippen molar-refractivity contribution < 1.29 is 15.7 Å². The molecule has 0 saturated heterocycles. The zero-order chi connectivity index (χ0) is 29.3. The molecule has 0 fully saturated rings. The minimum absolute atomic E-state index is 0. The van der Waals surface area contributed by atoms with Crippen molar-refractivity contribution >= 4 is 112 Å². The van der Waals surface area contributed by atoms with Gasteiger partial charge in [0.2, 0.25) is 0 Å². The van der Waals surface area contributed by atoms with Crippen molar-refractivity contribution in [3.8, 4) is 11.5 Å². The first-order valence-electron chi connectivity index (χ1n) is 13.1. The number of phenolic OH excluding ortho intramolecular Hbond substituents is 2. The molecule has 4 radical (unpaired) electrons. The van der Waals surface area contributed by atoms with Crippen LogP contribution in [0.2, 0.25) is 47.9 Å². The second-order valence-corrected chi connectivity index (χ2v) is 19.4. The van der Waals surface area contributed by atoms with Crippen molar-refractivity contribution in [3.63, 3.8) is 0 Å². The van der Waals surface area contributed by atoms with Crippen molar-refractivity contribution in [3.05, 3.63) is 54.4 Å². The molecule has 11 heteroatoms. The van der Waals surface area contributed by atoms with Crippen LogP contribution in [0, 0.1) is 0 Å². The van der Waals surface area contributed by atoms with Gasteiger partial charge < -0.3 is 15.7 Å². The zero-order valence-electron chi connectivity index (χ0n) is 23.5. The summed E-state index contributed by atoms with van der Waals surface area (Å²) < 4.78 is 6.50. The Morgan fingerprint density at radius 1 is 0.462 bits per heavy atom. The van der Waals surface area contributed by atoms with Crippen LogP contribution < -0.4 is 0 Å². The van der Waals surface area contributed by atoms with Crippen molar-refractivity contribution in [1.82, 2.24) is 0 Å². The zero-order valence-corrected chi connectivity index (χ0v) is 33.7. The van der Waals surface area contributed by atoms with Crippen molar-refractivity contribution in [2.45, 2.75) is 96.8 Å². The molecule has 0 atom stereocenters. The van der Waals surface area contributed by atoms with E-state index in [9.17, 15) is 0 Å². The van der Waals surface area contributed by atoms with Gasteiger partial charge >= 0.3 is 139 Å². The molecule has 0 aliphatic heterocycles. The van der Waals surface area contributed by atoms with Gasteiger partial charge in [0.25, 0.3) is 0 Å². The monoisotopic (exact) mass is 878 g/mol. The van der Waals surface area contributed by atoms with Crippen LogP contribution in [0.25, 0.3) is 0 Å². The molecule has 0 amide bonds. The maximum absolute atomic E-state index is 8.95. The van der Waals surface area contributed by atoms with Gasteiger partial charge in [-0.3, -0.25) is 0 Å². The molecule has 0 aromatic heterocycles. The molecule has 2 aromatic rings. The van der Waals surface area contributed by atoms with E-state index < -0.39 is 0 Å². The second-order valence-electron chi connectivity index (χ2n) is 8.35. The summed E-state index contributed by atoms with van der Waals surface area (Å²) >= 11 is 33.5. The number of benzene rings is 2. The number of rotatable bonds is 12. The maximum atomic E-state index is 8.95. The Balaban J connectivity index is -0.000000440. The maximum Gasteiger partial charge on any atom is 0.135 e. The molecule has 0 aliphatic rings. The predicted molar refractivity (Wildman–Crippen MR) is 180 cm³/mol. The molecule has 0 bridgehead atoms. The first kappa shape index (κ1) is 44.8. The molecule has 0 saturated carbocycles. The SMILES string of the molecule is CCC[CH2][Sn][CH2]CCC.CCC[CH2][Sn][CH2]CCC.O.Oc1cc(Cl)c(Cl)cc1Cl.Oc1cc(Cl)c(Cl)cc1Cl. The molecule has 224 valence electrons. The molecule has 0 aliphatic carbocycles. The van der Waals surface area contributed by atoms with E-state index in [1.54, 1.807) is 17.7 Å². The van der Waals surface area contributed by atoms with Gasteiger partial charge in [-0.15, -0.1) is 0 Å². The predicted octanol–water partition coefficient (Wildman–Crippen LogP) is 12.1. The molecular weight excluding hydrogens is 834 g/mol. The van der Waals surface area contributed by atoms with Crippen LogP contribution in [0.3, 0.4) is 0 Å². The minimum Gasteiger partial charge on any atom is -0.506 e. The summed E-state index contributed by atoms with van der Waals surface area (Å²) in [5.74, 6) is -0.118. The average molecular weight is 879 g/mol. The normalized spacial score (nSPS) is 9.69. The summed E-state index contributed by atoms with van der Waals surface area (Å²) in [6, 6.07) is 5.38. The minimum atomic E-state index is -0.0592. The van der Waals surface area contributed by atoms with Gasteiger partial charge in [0.1, 0.15) is 11.5 Å². The number of halogens is 6. The van der Waals surface area contributed by atoms with E-state index in [1.807, 2.05) is 0 Å². The molecule has 2 aromatic carbocycles. The Bertz CT molecular complexity index is 679. The smallest absolute Gasteiger partial charge is 0.135 e. The van der Waals surface area contributed by atoms with Crippen LogP contribution >= 0.6 is 69.6 Å². The van der Waals surface area contributed by atoms with E-state index in [0.717, 1.165) is 0 Å². The van der Waals surface area contributed by atoms with Crippen molar-refractivity contribution in [2.75, 3.05) is 0 Å². The molecular formula is C28H44Cl6O3Sn2. The van der Waals surface area contributed by atoms with E-state index in [1.165, 1.54) is 75.6 Å². The summed E-state index contributed by atoms with van der Waals surface area (Å²) in [4.78, 5) is 0. The van der Waals surface area contributed by atoms with E-state index in [2.05, 4.69) is 27.7 Å². The largest absolute Gasteiger partial charge is 0.506 e. The van der Waals surface area contributed by atoms with Crippen LogP contribution in [0.1, 0.15) is 79.1 Å². The summed E-state index contributed by atoms with van der Waals surface area (Å²) in [6.45, 7) is 9.16. The number of phenols is 2. The Kier molecular flexibility index (Phi) is 35.3. The Labute approximate surface area is 287 Å². The summed E-state index contributed by atoms with van der Waals surface area (Å²) in [6.07, 6.45) is 11.7. The third-order valence-electron chi connectivity index (χ3n) is 4.81. The van der Waals surface area contributed by atoms with E-state index in [-0.39, 0.29) is 69.3 Å². The number of aromatic hydroxyl groups is 2. The summed E-state index contributed by atoms with van der Waals surface area (Å²) in [5.41, 5.74) is 0. The van der Waals surface area contributed by atoms with Gasteiger partial charge in [0, 0.05) is 12.1 Å². The first-order chi connectivity index (χ1) is 18.0. The summed E-state index contributed by atoms with van der Waals surface area (Å²) in [5, 5.41) is 19.6. The number of hydrogen-bond donors (Lipinski definition) is 2. The van der Waals surface area contributed by atoms with E-state index >= 15 is 0 Å². The fourth-order valence-electron chi connectivity index (χ4n) is 2.48. The standard InChI is InChI=1S/2C6H3Cl3O.4C4H9.H2O.2Sn/c2*7-3-1-5(9)6(10)2-4(3)8;4*1-3-4-2;;;/h2*1-2,10H;4*1,3-4H2,2H3;1H2;;. The molecule has 2 rings (SSSR count). The van der Waals surface area contributed by atoms with Gasteiger partial charge in [-0.2, -0.15) is 0 Å². The Morgan fingerprint density at radius 2 is 0.692 bits per heavy atom. The molecule has 39 heavy (non-hydrogen) atoms. The number of hydrogen-bond acceptors (Lipinski definition) is 2. The van der Waals surface area contributed by atoms with E-state index in [4.69, 9.17) is 79.8 Å². The van der Waals surface area contributed by atoms with Crippen LogP contribution in [0.5, 0.6) is 11.5 Å². The van der Waals surface area contributed by atoms with Crippen molar-refractivity contribution in [1.29, 1.82) is 0 Å². The third kappa shape index (κ3) is 26.7. The Morgan fingerprint density at radius 3 is 0.897 bits per heavy atom. The van der Waals surface area contributed by atoms with Crippen LogP contribution in [-0.4, -0.2) is 58.0 Å². The van der Waals surface area contributed by atoms with Crippen molar-refractivity contribution in [2.24, 2.45) is 0 Å². The average Bonchev–Trinajstić information content (AvgIpc) is 2.88. The molecule has 4 N–H and O–H groups in total. The second kappa shape index (κ2) is 30.8. The van der Waals surface area contributed by atoms with Gasteiger partial charge in [0.05, 0.1) is 30.1 Å². The van der Waals surface area contributed by atoms with Gasteiger partial charge in [-0.1, -0.05) is 69.6 Å². The molecule has 0 heterocycles. The fraction of sp³-hybridized carbons (Fsp3) is 0.571. The van der Waals surface area contributed by atoms with Crippen LogP contribution in [0.15, 0.2) is 24.3 Å². The molecule has 3 nitrogen and oxygen atoms in total. The van der Waals surface area contributed by atoms with Crippen LogP contribution in [-0.2, 0) is 0 Å². The Hall–Kier alpha value is 1.34. The van der Waals surface area contributed by atoms with Crippen LogP contribution in [0.4, 0.5) is 0 Å².